The van der Waals surface area contributed by atoms with Gasteiger partial charge in [0.15, 0.2) is 25.2 Å². The van der Waals surface area contributed by atoms with E-state index in [4.69, 9.17) is 37.0 Å². The Morgan fingerprint density at radius 1 is 0.286 bits per heavy atom. The first kappa shape index (κ1) is 76.9. The summed E-state index contributed by atoms with van der Waals surface area (Å²) in [6.07, 6.45) is 35.1. The largest absolute Gasteiger partial charge is 0.472 e. The lowest BCUT2D eigenvalue weighted by Gasteiger charge is -2.24. The molecule has 0 amide bonds. The van der Waals surface area contributed by atoms with Crippen LogP contribution in [0.5, 0.6) is 0 Å². The molecule has 0 bridgehead atoms. The fourth-order valence-electron chi connectivity index (χ4n) is 8.97. The van der Waals surface area contributed by atoms with Crippen LogP contribution in [0.1, 0.15) is 291 Å². The fraction of sp³-hybridized carbons (Fsp3) is 1.00. The second-order valence-electron chi connectivity index (χ2n) is 21.6. The third kappa shape index (κ3) is 54.9. The van der Waals surface area contributed by atoms with E-state index in [1.165, 1.54) is 141 Å². The lowest BCUT2D eigenvalue weighted by Crippen LogP contribution is -2.32. The minimum absolute atomic E-state index is 0.243. The fourth-order valence-corrected chi connectivity index (χ4v) is 10.5. The van der Waals surface area contributed by atoms with Gasteiger partial charge in [-0.3, -0.25) is 18.1 Å². The van der Waals surface area contributed by atoms with Gasteiger partial charge in [0.2, 0.25) is 0 Å². The van der Waals surface area contributed by atoms with E-state index in [9.17, 15) is 44.4 Å². The first-order valence-corrected chi connectivity index (χ1v) is 34.3. The van der Waals surface area contributed by atoms with Gasteiger partial charge in [0.25, 0.3) is 0 Å². The zero-order valence-corrected chi connectivity index (χ0v) is 51.2. The van der Waals surface area contributed by atoms with E-state index in [1.807, 2.05) is 6.92 Å². The molecular weight excluding hydrogens is 1030 g/mol. The molecule has 0 aromatic carbocycles. The molecule has 0 rings (SSSR count). The van der Waals surface area contributed by atoms with Crippen LogP contribution in [-0.4, -0.2) is 118 Å². The minimum Gasteiger partial charge on any atom is -0.388 e. The molecule has 0 heterocycles. The average Bonchev–Trinajstić information content (AvgIpc) is 3.40. The molecule has 77 heavy (non-hydrogen) atoms. The van der Waals surface area contributed by atoms with Crippen molar-refractivity contribution in [1.82, 2.24) is 0 Å². The van der Waals surface area contributed by atoms with Gasteiger partial charge in [0.1, 0.15) is 18.3 Å². The van der Waals surface area contributed by atoms with E-state index in [0.717, 1.165) is 89.9 Å². The number of phosphoric acid groups is 2. The molecule has 5 unspecified atom stereocenters. The van der Waals surface area contributed by atoms with Crippen molar-refractivity contribution in [1.29, 1.82) is 0 Å². The van der Waals surface area contributed by atoms with Gasteiger partial charge >= 0.3 is 15.6 Å². The van der Waals surface area contributed by atoms with Crippen LogP contribution in [-0.2, 0) is 46.2 Å². The standard InChI is InChI=1S/C58H120O17P2/c1-5-9-13-16-19-22-25-27-30-33-36-40-44-57(62)74-53(48-68-55(60)42-38-12-8-4)50-72-76(64,65)70-46-52(59)47-71-77(66,67)73-51-54(49-69-56(61)43-39-35-32-29-24-21-18-15-11-7-3)75-58(63)45-41-37-34-31-28-26-23-20-17-14-10-6-2/h52-63H,5-51H2,1-4H3,(H,64,65)(H,66,67)/t52-,53+,54+,55?,56?,57?,58-/m0/s1. The first-order valence-electron chi connectivity index (χ1n) is 31.3. The Kier molecular flexibility index (Phi) is 55.0. The van der Waals surface area contributed by atoms with Crippen LogP contribution in [0, 0.1) is 0 Å². The number of aliphatic hydroxyl groups is 5. The van der Waals surface area contributed by atoms with Gasteiger partial charge in [-0.2, -0.15) is 0 Å². The highest BCUT2D eigenvalue weighted by Gasteiger charge is 2.30. The third-order valence-electron chi connectivity index (χ3n) is 13.8. The van der Waals surface area contributed by atoms with Gasteiger partial charge in [0.05, 0.1) is 39.6 Å². The second-order valence-corrected chi connectivity index (χ2v) is 24.5. The van der Waals surface area contributed by atoms with Gasteiger partial charge in [0, 0.05) is 0 Å². The monoisotopic (exact) mass is 1150 g/mol. The Hall–Kier alpha value is -0.140. The van der Waals surface area contributed by atoms with Crippen molar-refractivity contribution >= 4 is 15.6 Å². The zero-order valence-electron chi connectivity index (χ0n) is 49.4. The van der Waals surface area contributed by atoms with Crippen molar-refractivity contribution < 1.29 is 81.5 Å². The summed E-state index contributed by atoms with van der Waals surface area (Å²) < 4.78 is 68.7. The maximum atomic E-state index is 12.9. The Morgan fingerprint density at radius 3 is 0.766 bits per heavy atom. The highest BCUT2D eigenvalue weighted by Crippen LogP contribution is 2.45. The highest BCUT2D eigenvalue weighted by molar-refractivity contribution is 7.47. The molecule has 19 heteroatoms. The maximum absolute atomic E-state index is 12.9. The summed E-state index contributed by atoms with van der Waals surface area (Å²) in [6, 6.07) is 0. The van der Waals surface area contributed by atoms with Crippen molar-refractivity contribution in [2.45, 2.75) is 334 Å². The summed E-state index contributed by atoms with van der Waals surface area (Å²) in [5, 5.41) is 52.9. The van der Waals surface area contributed by atoms with E-state index >= 15 is 0 Å². The topological polar surface area (TPSA) is 250 Å². The van der Waals surface area contributed by atoms with Crippen LogP contribution in [0.15, 0.2) is 0 Å². The van der Waals surface area contributed by atoms with Crippen LogP contribution in [0.25, 0.3) is 0 Å². The summed E-state index contributed by atoms with van der Waals surface area (Å²) >= 11 is 0. The molecule has 464 valence electrons. The molecule has 0 spiro atoms. The molecule has 0 aliphatic rings. The van der Waals surface area contributed by atoms with Crippen molar-refractivity contribution in [3.63, 3.8) is 0 Å². The lowest BCUT2D eigenvalue weighted by molar-refractivity contribution is -0.191. The normalized spacial score (nSPS) is 16.5. The quantitative estimate of drug-likeness (QED) is 0.0170. The number of aliphatic hydroxyl groups excluding tert-OH is 5. The lowest BCUT2D eigenvalue weighted by atomic mass is 10.0. The Labute approximate surface area is 469 Å². The molecule has 0 saturated carbocycles. The van der Waals surface area contributed by atoms with Gasteiger partial charge < -0.3 is 54.3 Å². The van der Waals surface area contributed by atoms with Gasteiger partial charge in [-0.25, -0.2) is 9.13 Å². The van der Waals surface area contributed by atoms with Gasteiger partial charge in [-0.15, -0.1) is 0 Å². The molecule has 7 N–H and O–H groups in total. The van der Waals surface area contributed by atoms with Crippen LogP contribution in [0.4, 0.5) is 0 Å². The molecule has 0 aliphatic carbocycles. The van der Waals surface area contributed by atoms with E-state index < -0.39 is 85.5 Å². The van der Waals surface area contributed by atoms with E-state index in [1.54, 1.807) is 0 Å². The Bertz CT molecular complexity index is 1320. The Morgan fingerprint density at radius 2 is 0.494 bits per heavy atom. The molecule has 0 aromatic rings. The van der Waals surface area contributed by atoms with Crippen molar-refractivity contribution in [2.24, 2.45) is 0 Å². The summed E-state index contributed by atoms with van der Waals surface area (Å²) in [5.41, 5.74) is 0. The van der Waals surface area contributed by atoms with Gasteiger partial charge in [-0.1, -0.05) is 240 Å². The van der Waals surface area contributed by atoms with Crippen LogP contribution < -0.4 is 0 Å². The molecule has 9 atom stereocenters. The van der Waals surface area contributed by atoms with Crippen LogP contribution in [0.2, 0.25) is 0 Å². The number of hydrogen-bond acceptors (Lipinski definition) is 15. The van der Waals surface area contributed by atoms with E-state index in [-0.39, 0.29) is 13.2 Å². The summed E-state index contributed by atoms with van der Waals surface area (Å²) in [4.78, 5) is 21.0. The molecule has 0 aromatic heterocycles. The summed E-state index contributed by atoms with van der Waals surface area (Å²) in [6.45, 7) is 5.42. The maximum Gasteiger partial charge on any atom is 0.472 e. The number of ether oxygens (including phenoxy) is 4. The highest BCUT2D eigenvalue weighted by atomic mass is 31.2. The van der Waals surface area contributed by atoms with Crippen molar-refractivity contribution in [3.05, 3.63) is 0 Å². The molecular formula is C58H120O17P2. The molecule has 0 aliphatic heterocycles. The predicted octanol–water partition coefficient (Wildman–Crippen LogP) is 14.8. The minimum atomic E-state index is -4.86. The second kappa shape index (κ2) is 55.1. The number of hydrogen-bond donors (Lipinski definition) is 7. The van der Waals surface area contributed by atoms with Crippen LogP contribution >= 0.6 is 15.6 Å². The van der Waals surface area contributed by atoms with Crippen LogP contribution in [0.3, 0.4) is 0 Å². The summed E-state index contributed by atoms with van der Waals surface area (Å²) in [5.74, 6) is 0. The molecule has 17 nitrogen and oxygen atoms in total. The number of rotatable bonds is 63. The number of unbranched alkanes of at least 4 members (excludes halogenated alkanes) is 33. The SMILES string of the molecule is CCCCCCCCCCCCCCC(O)O[C@H](COC(O)CCCCC)COP(=O)(O)OC[C@H](O)COP(=O)(O)OC[C@@H](COC(O)CCCCCCCCCCCC)O[C@H](O)CCCCCCCCCCCCCC. The van der Waals surface area contributed by atoms with Gasteiger partial charge in [-0.05, 0) is 51.4 Å². The Balaban J connectivity index is 5.10. The molecule has 0 fully saturated rings. The third-order valence-corrected chi connectivity index (χ3v) is 15.7. The first-order chi connectivity index (χ1) is 37.2. The van der Waals surface area contributed by atoms with E-state index in [2.05, 4.69) is 20.8 Å². The molecule has 0 saturated heterocycles. The average molecular weight is 1150 g/mol. The van der Waals surface area contributed by atoms with Crippen molar-refractivity contribution in [2.75, 3.05) is 39.6 Å². The summed E-state index contributed by atoms with van der Waals surface area (Å²) in [7, 11) is -9.72. The van der Waals surface area contributed by atoms with Crippen molar-refractivity contribution in [3.8, 4) is 0 Å². The predicted molar refractivity (Wildman–Crippen MR) is 307 cm³/mol. The smallest absolute Gasteiger partial charge is 0.388 e. The van der Waals surface area contributed by atoms with E-state index in [0.29, 0.717) is 32.1 Å². The molecule has 0 radical (unpaired) electrons. The number of phosphoric ester groups is 2. The zero-order chi connectivity index (χ0) is 56.9.